The third-order valence-corrected chi connectivity index (χ3v) is 18.4. The summed E-state index contributed by atoms with van der Waals surface area (Å²) in [7, 11) is 0. The van der Waals surface area contributed by atoms with Gasteiger partial charge in [-0.1, -0.05) is 6.07 Å². The largest absolute Gasteiger partial charge is 0.480 e. The fraction of sp³-hybridized carbons (Fsp3) is 0.224. The number of hydrogen-bond acceptors (Lipinski definition) is 21. The molecular formula is C67H58F3N13O11S3. The highest BCUT2D eigenvalue weighted by Gasteiger charge is 2.26. The molecule has 3 aliphatic rings. The number of amides is 1. The van der Waals surface area contributed by atoms with E-state index in [-0.39, 0.29) is 60.9 Å². The Kier molecular flexibility index (Phi) is 20.3. The third-order valence-electron chi connectivity index (χ3n) is 14.9. The zero-order chi connectivity index (χ0) is 67.7. The number of aldehydes is 1. The Bertz CT molecular complexity index is 4880. The van der Waals surface area contributed by atoms with Crippen molar-refractivity contribution in [2.45, 2.75) is 83.1 Å². The average Bonchev–Trinajstić information content (AvgIpc) is 1.73. The number of carboxylic acids is 1. The van der Waals surface area contributed by atoms with Crippen LogP contribution in [0.15, 0.2) is 147 Å². The van der Waals surface area contributed by atoms with Crippen molar-refractivity contribution in [3.05, 3.63) is 180 Å². The number of anilines is 1. The summed E-state index contributed by atoms with van der Waals surface area (Å²) in [6, 6.07) is 23.6. The number of ether oxygens (including phenoxy) is 4. The number of carboxylic acid groups (broad SMARTS) is 1. The zero-order valence-corrected chi connectivity index (χ0v) is 53.6. The minimum atomic E-state index is -0.969. The van der Waals surface area contributed by atoms with Gasteiger partial charge in [0.15, 0.2) is 34.7 Å². The number of aromatic nitrogens is 9. The molecule has 3 aromatic carbocycles. The number of carbonyl (C=O) groups is 4. The topological polar surface area (TPSA) is 325 Å². The fourth-order valence-corrected chi connectivity index (χ4v) is 12.6. The number of nitro groups is 1. The molecule has 3 saturated carbocycles. The van der Waals surface area contributed by atoms with Gasteiger partial charge in [0.25, 0.3) is 5.69 Å². The van der Waals surface area contributed by atoms with Gasteiger partial charge in [-0.25, -0.2) is 18.0 Å². The number of rotatable bonds is 22. The molecule has 24 nitrogen and oxygen atoms in total. The number of alkyl carbamates (subject to hydrolysis) is 1. The van der Waals surface area contributed by atoms with Crippen LogP contribution in [0.5, 0.6) is 34.5 Å². The van der Waals surface area contributed by atoms with Crippen molar-refractivity contribution < 1.29 is 61.3 Å². The van der Waals surface area contributed by atoms with E-state index < -0.39 is 34.4 Å². The second kappa shape index (κ2) is 29.8. The van der Waals surface area contributed by atoms with Gasteiger partial charge in [-0.2, -0.15) is 15.3 Å². The predicted molar refractivity (Wildman–Crippen MR) is 357 cm³/mol. The summed E-state index contributed by atoms with van der Waals surface area (Å²) in [6.07, 6.45) is 23.0. The van der Waals surface area contributed by atoms with E-state index in [9.17, 15) is 42.5 Å². The molecule has 15 rings (SSSR count). The Hall–Kier alpha value is -11.0. The molecular weight excluding hydrogens is 1320 g/mol. The van der Waals surface area contributed by atoms with Crippen LogP contribution in [0.3, 0.4) is 0 Å². The number of hydrogen-bond donors (Lipinski definition) is 4. The number of non-ortho nitro benzene ring substituents is 1. The first-order valence-corrected chi connectivity index (χ1v) is 32.8. The van der Waals surface area contributed by atoms with E-state index in [4.69, 9.17) is 35.5 Å². The van der Waals surface area contributed by atoms with Crippen LogP contribution in [-0.4, -0.2) is 97.1 Å². The fourth-order valence-electron chi connectivity index (χ4n) is 9.49. The van der Waals surface area contributed by atoms with Gasteiger partial charge in [-0.05, 0) is 98.5 Å². The van der Waals surface area contributed by atoms with Crippen molar-refractivity contribution in [2.75, 3.05) is 12.3 Å². The first-order valence-electron chi connectivity index (χ1n) is 30.3. The molecule has 496 valence electrons. The standard InChI is InChI=1S/C28H27FN4O4S.C18H11FN4O4S.C18H13FN4O3S.C3H7N/c29-22-13-18(12-21(34)11-17-1-2-17)3-6-24(22)37-25-7-8-30-23-14-26(38-27(23)25)19-15-31-33(16-19)9-10-36-28(35)32-20-4-5-20;19-13-7-12(23(25)26)1-2-15(13)27-16-3-4-20-14-8-17(28-18(14)16)11-9-21-22(10-11)5-6-24;19-12-5-11(20)1-2-14(12)26-15-3-4-21-13-6-16(27-18(13)15)10-7-22-23(8-10)9-17(24)25;4-3-1-2-3/h3,6-8,13-17,20H,1-2,4-5,9-12H2,(H,32,35);1-4,6-10H,5H2;1-8H,9,20H2,(H,24,25);3H,1-2,4H2. The molecule has 30 heteroatoms. The molecule has 0 atom stereocenters. The first kappa shape index (κ1) is 66.1. The number of nitrogens with zero attached hydrogens (tertiary/aromatic N) is 10. The molecule has 12 aromatic rings. The molecule has 0 bridgehead atoms. The van der Waals surface area contributed by atoms with Gasteiger partial charge in [0.2, 0.25) is 0 Å². The number of ketones is 1. The van der Waals surface area contributed by atoms with Crippen LogP contribution in [0, 0.1) is 33.5 Å². The lowest BCUT2D eigenvalue weighted by Crippen LogP contribution is -2.27. The predicted octanol–water partition coefficient (Wildman–Crippen LogP) is 14.0. The molecule has 6 N–H and O–H groups in total. The molecule has 3 fully saturated rings. The number of pyridine rings is 3. The van der Waals surface area contributed by atoms with Gasteiger partial charge < -0.3 is 45.6 Å². The molecule has 0 radical (unpaired) electrons. The van der Waals surface area contributed by atoms with Crippen LogP contribution in [0.2, 0.25) is 0 Å². The summed E-state index contributed by atoms with van der Waals surface area (Å²) in [6.45, 7) is 0.618. The van der Waals surface area contributed by atoms with Crippen LogP contribution in [0.25, 0.3) is 62.0 Å². The van der Waals surface area contributed by atoms with Crippen LogP contribution in [-0.2, 0) is 45.2 Å². The number of nitrogens with two attached hydrogens (primary N) is 2. The minimum absolute atomic E-state index is 0.0703. The van der Waals surface area contributed by atoms with Crippen molar-refractivity contribution in [1.82, 2.24) is 49.6 Å². The summed E-state index contributed by atoms with van der Waals surface area (Å²) in [4.78, 5) is 71.0. The molecule has 0 saturated heterocycles. The molecule has 0 aliphatic heterocycles. The highest BCUT2D eigenvalue weighted by Crippen LogP contribution is 2.43. The molecule has 0 unspecified atom stereocenters. The van der Waals surface area contributed by atoms with Gasteiger partial charge in [0.05, 0.1) is 73.3 Å². The van der Waals surface area contributed by atoms with E-state index in [0.717, 1.165) is 84.3 Å². The summed E-state index contributed by atoms with van der Waals surface area (Å²) in [5, 5.41) is 34.9. The molecule has 3 aliphatic carbocycles. The Balaban J connectivity index is 0.000000137. The number of fused-ring (bicyclic) bond motifs is 3. The Morgan fingerprint density at radius 2 is 1.12 bits per heavy atom. The van der Waals surface area contributed by atoms with E-state index in [0.29, 0.717) is 69.2 Å². The van der Waals surface area contributed by atoms with Gasteiger partial charge in [-0.15, -0.1) is 34.0 Å². The number of Topliss-reactive ketones (excluding diaryl/α,β-unsaturated/α-hetero) is 1. The maximum Gasteiger partial charge on any atom is 0.407 e. The van der Waals surface area contributed by atoms with Gasteiger partial charge in [0, 0.05) is 129 Å². The average molecular weight is 1370 g/mol. The number of benzene rings is 3. The SMILES string of the molecule is NC1CC1.Nc1ccc(Oc2ccnc3cc(-c4cnn(CC(=O)O)c4)sc23)c(F)c1.O=C(Cc1ccc(Oc2ccnc3cc(-c4cnn(CCOC(=O)NC5CC5)c4)sc23)c(F)c1)CC1CC1.O=CCn1cc(-c2cc3nccc(Oc4ccc([N+](=O)[O-])cc4F)c3s2)cn1. The Labute approximate surface area is 561 Å². The van der Waals surface area contributed by atoms with E-state index >= 15 is 0 Å². The smallest absolute Gasteiger partial charge is 0.407 e. The normalized spacial score (nSPS) is 13.2. The van der Waals surface area contributed by atoms with E-state index in [1.165, 1.54) is 92.7 Å². The van der Waals surface area contributed by atoms with Crippen LogP contribution in [0.4, 0.5) is 29.3 Å². The van der Waals surface area contributed by atoms with Gasteiger partial charge in [-0.3, -0.25) is 48.7 Å². The number of nitro benzene ring substituents is 1. The van der Waals surface area contributed by atoms with Crippen molar-refractivity contribution in [1.29, 1.82) is 0 Å². The maximum absolute atomic E-state index is 14.9. The van der Waals surface area contributed by atoms with Crippen molar-refractivity contribution in [3.8, 4) is 65.8 Å². The molecule has 97 heavy (non-hydrogen) atoms. The first-order chi connectivity index (χ1) is 46.9. The lowest BCUT2D eigenvalue weighted by atomic mass is 10.0. The Morgan fingerprint density at radius 3 is 1.60 bits per heavy atom. The summed E-state index contributed by atoms with van der Waals surface area (Å²) >= 11 is 4.26. The summed E-state index contributed by atoms with van der Waals surface area (Å²) in [5.41, 5.74) is 16.0. The third kappa shape index (κ3) is 17.5. The molecule has 1 amide bonds. The van der Waals surface area contributed by atoms with Crippen molar-refractivity contribution in [2.24, 2.45) is 11.7 Å². The monoisotopic (exact) mass is 1370 g/mol. The molecule has 9 heterocycles. The number of halogens is 3. The number of nitrogen functional groups attached to an aromatic ring is 1. The number of carbonyl (C=O) groups excluding carboxylic acids is 3. The van der Waals surface area contributed by atoms with E-state index in [2.05, 4.69) is 35.6 Å². The maximum atomic E-state index is 14.9. The lowest BCUT2D eigenvalue weighted by Gasteiger charge is -2.09. The highest BCUT2D eigenvalue weighted by molar-refractivity contribution is 7.23. The van der Waals surface area contributed by atoms with Crippen LogP contribution in [0.1, 0.15) is 50.5 Å². The summed E-state index contributed by atoms with van der Waals surface area (Å²) in [5.74, 6) is -0.765. The Morgan fingerprint density at radius 1 is 0.639 bits per heavy atom. The zero-order valence-electron chi connectivity index (χ0n) is 51.2. The van der Waals surface area contributed by atoms with Gasteiger partial charge >= 0.3 is 12.1 Å². The molecule has 0 spiro atoms. The van der Waals surface area contributed by atoms with Crippen LogP contribution >= 0.6 is 34.0 Å². The second-order valence-electron chi connectivity index (χ2n) is 22.7. The number of nitrogens with one attached hydrogen (secondary N) is 1. The number of thiophene rings is 3. The van der Waals surface area contributed by atoms with Gasteiger partial charge in [0.1, 0.15) is 42.5 Å². The number of aliphatic carboxylic acids is 1. The van der Waals surface area contributed by atoms with Crippen molar-refractivity contribution in [3.63, 3.8) is 0 Å². The van der Waals surface area contributed by atoms with Crippen LogP contribution < -0.4 is 31.0 Å². The van der Waals surface area contributed by atoms with E-state index in [1.807, 2.05) is 24.4 Å². The van der Waals surface area contributed by atoms with E-state index in [1.54, 1.807) is 84.5 Å². The minimum Gasteiger partial charge on any atom is -0.480 e. The van der Waals surface area contributed by atoms with Crippen molar-refractivity contribution >= 4 is 100 Å². The summed E-state index contributed by atoms with van der Waals surface area (Å²) < 4.78 is 72.4. The second-order valence-corrected chi connectivity index (χ2v) is 25.9. The highest BCUT2D eigenvalue weighted by atomic mass is 32.1. The lowest BCUT2D eigenvalue weighted by molar-refractivity contribution is -0.385. The quantitative estimate of drug-likeness (QED) is 0.0212. The molecule has 9 aromatic heterocycles.